The average Bonchev–Trinajstić information content (AvgIpc) is 2.56. The Morgan fingerprint density at radius 1 is 1.20 bits per heavy atom. The molecule has 1 aromatic rings. The first-order valence-corrected chi connectivity index (χ1v) is 8.09. The largest absolute Gasteiger partial charge is 0.573 e. The molecular formula is C16H22F3N3O3. The quantitative estimate of drug-likeness (QED) is 0.692. The summed E-state index contributed by atoms with van der Waals surface area (Å²) >= 11 is 0. The minimum absolute atomic E-state index is 0.143. The van der Waals surface area contributed by atoms with E-state index in [1.807, 2.05) is 0 Å². The fraction of sp³-hybridized carbons (Fsp3) is 0.562. The van der Waals surface area contributed by atoms with E-state index in [0.717, 1.165) is 51.4 Å². The van der Waals surface area contributed by atoms with Gasteiger partial charge in [-0.15, -0.1) is 13.2 Å². The van der Waals surface area contributed by atoms with E-state index in [1.165, 1.54) is 12.1 Å². The van der Waals surface area contributed by atoms with Crippen molar-refractivity contribution < 1.29 is 27.4 Å². The monoisotopic (exact) mass is 361 g/mol. The summed E-state index contributed by atoms with van der Waals surface area (Å²) in [5, 5.41) is 5.65. The molecule has 1 heterocycles. The molecule has 0 saturated carbocycles. The molecule has 1 aromatic carbocycles. The number of carbonyl (C=O) groups is 1. The summed E-state index contributed by atoms with van der Waals surface area (Å²) in [4.78, 5) is 14.1. The summed E-state index contributed by atoms with van der Waals surface area (Å²) in [6.07, 6.45) is -3.80. The van der Waals surface area contributed by atoms with E-state index in [4.69, 9.17) is 4.74 Å². The van der Waals surface area contributed by atoms with Crippen LogP contribution in [0.1, 0.15) is 6.42 Å². The van der Waals surface area contributed by atoms with Gasteiger partial charge < -0.3 is 20.1 Å². The van der Waals surface area contributed by atoms with Gasteiger partial charge >= 0.3 is 6.36 Å². The lowest BCUT2D eigenvalue weighted by Gasteiger charge is -2.26. The number of amides is 1. The number of alkyl halides is 3. The summed E-state index contributed by atoms with van der Waals surface area (Å²) in [7, 11) is 0. The molecule has 25 heavy (non-hydrogen) atoms. The summed E-state index contributed by atoms with van der Waals surface area (Å²) in [6.45, 7) is 5.22. The second-order valence-electron chi connectivity index (χ2n) is 5.60. The summed E-state index contributed by atoms with van der Waals surface area (Å²) in [6, 6.07) is 5.02. The molecule has 1 aliphatic heterocycles. The molecule has 2 rings (SSSR count). The fourth-order valence-electron chi connectivity index (χ4n) is 2.40. The van der Waals surface area contributed by atoms with Crippen molar-refractivity contribution in [3.8, 4) is 5.75 Å². The molecular weight excluding hydrogens is 339 g/mol. The molecule has 1 fully saturated rings. The van der Waals surface area contributed by atoms with E-state index in [-0.39, 0.29) is 18.2 Å². The van der Waals surface area contributed by atoms with Crippen LogP contribution in [-0.2, 0) is 9.53 Å². The van der Waals surface area contributed by atoms with Crippen molar-refractivity contribution >= 4 is 11.6 Å². The van der Waals surface area contributed by atoms with Gasteiger partial charge in [-0.2, -0.15) is 0 Å². The predicted octanol–water partition coefficient (Wildman–Crippen LogP) is 1.84. The van der Waals surface area contributed by atoms with Crippen LogP contribution in [0, 0.1) is 0 Å². The lowest BCUT2D eigenvalue weighted by molar-refractivity contribution is -0.274. The molecule has 140 valence electrons. The number of rotatable bonds is 8. The maximum atomic E-state index is 12.1. The normalized spacial score (nSPS) is 15.8. The number of anilines is 1. The van der Waals surface area contributed by atoms with Gasteiger partial charge in [0.1, 0.15) is 5.75 Å². The molecule has 0 bridgehead atoms. The average molecular weight is 361 g/mol. The summed E-state index contributed by atoms with van der Waals surface area (Å²) < 4.78 is 45.2. The maximum Gasteiger partial charge on any atom is 0.573 e. The Bertz CT molecular complexity index is 532. The highest BCUT2D eigenvalue weighted by atomic mass is 19.4. The minimum atomic E-state index is -4.73. The molecule has 2 N–H and O–H groups in total. The topological polar surface area (TPSA) is 62.8 Å². The number of nitrogens with zero attached hydrogens (tertiary/aromatic N) is 1. The van der Waals surface area contributed by atoms with Crippen molar-refractivity contribution in [2.24, 2.45) is 0 Å². The van der Waals surface area contributed by atoms with Gasteiger partial charge in [0.25, 0.3) is 0 Å². The second-order valence-corrected chi connectivity index (χ2v) is 5.60. The Labute approximate surface area is 144 Å². The molecule has 0 aromatic heterocycles. The smallest absolute Gasteiger partial charge is 0.406 e. The molecule has 1 aliphatic rings. The van der Waals surface area contributed by atoms with Crippen LogP contribution in [0.3, 0.4) is 0 Å². The number of carbonyl (C=O) groups excluding carboxylic acids is 1. The highest BCUT2D eigenvalue weighted by Gasteiger charge is 2.30. The number of halogens is 3. The van der Waals surface area contributed by atoms with Crippen LogP contribution in [0.15, 0.2) is 24.3 Å². The zero-order chi connectivity index (χ0) is 18.1. The first-order valence-electron chi connectivity index (χ1n) is 8.09. The predicted molar refractivity (Wildman–Crippen MR) is 86.5 cm³/mol. The minimum Gasteiger partial charge on any atom is -0.406 e. The summed E-state index contributed by atoms with van der Waals surface area (Å²) in [5.41, 5.74) is 0.412. The van der Waals surface area contributed by atoms with Crippen LogP contribution < -0.4 is 15.4 Å². The molecule has 0 unspecified atom stereocenters. The van der Waals surface area contributed by atoms with E-state index in [2.05, 4.69) is 20.3 Å². The first kappa shape index (κ1) is 19.5. The third-order valence-electron chi connectivity index (χ3n) is 3.59. The van der Waals surface area contributed by atoms with Crippen LogP contribution in [-0.4, -0.2) is 63.1 Å². The van der Waals surface area contributed by atoms with Crippen LogP contribution in [0.25, 0.3) is 0 Å². The number of morpholine rings is 1. The third-order valence-corrected chi connectivity index (χ3v) is 3.59. The molecule has 0 aliphatic carbocycles. The number of nitrogens with one attached hydrogen (secondary N) is 2. The highest BCUT2D eigenvalue weighted by Crippen LogP contribution is 2.23. The second kappa shape index (κ2) is 9.59. The standard InChI is InChI=1S/C16H22F3N3O3/c17-16(18,19)25-14-4-2-13(3-5-14)21-15(23)12-20-6-1-7-22-8-10-24-11-9-22/h2-5,20H,1,6-12H2,(H,21,23). The maximum absolute atomic E-state index is 12.1. The lowest BCUT2D eigenvalue weighted by Crippen LogP contribution is -2.38. The molecule has 0 spiro atoms. The van der Waals surface area contributed by atoms with Crippen molar-refractivity contribution in [2.75, 3.05) is 51.3 Å². The van der Waals surface area contributed by atoms with Crippen LogP contribution in [0.2, 0.25) is 0 Å². The molecule has 9 heteroatoms. The summed E-state index contributed by atoms with van der Waals surface area (Å²) in [5.74, 6) is -0.581. The Hall–Kier alpha value is -1.84. The van der Waals surface area contributed by atoms with Crippen LogP contribution in [0.4, 0.5) is 18.9 Å². The molecule has 0 radical (unpaired) electrons. The molecule has 0 atom stereocenters. The zero-order valence-corrected chi connectivity index (χ0v) is 13.8. The van der Waals surface area contributed by atoms with Crippen LogP contribution in [0.5, 0.6) is 5.75 Å². The number of hydrogen-bond donors (Lipinski definition) is 2. The van der Waals surface area contributed by atoms with E-state index in [9.17, 15) is 18.0 Å². The Kier molecular flexibility index (Phi) is 7.48. The van der Waals surface area contributed by atoms with Crippen molar-refractivity contribution in [3.63, 3.8) is 0 Å². The van der Waals surface area contributed by atoms with E-state index in [1.54, 1.807) is 0 Å². The zero-order valence-electron chi connectivity index (χ0n) is 13.8. The van der Waals surface area contributed by atoms with Crippen molar-refractivity contribution in [2.45, 2.75) is 12.8 Å². The number of benzene rings is 1. The lowest BCUT2D eigenvalue weighted by atomic mass is 10.3. The molecule has 1 saturated heterocycles. The van der Waals surface area contributed by atoms with Gasteiger partial charge in [-0.1, -0.05) is 0 Å². The van der Waals surface area contributed by atoms with Crippen molar-refractivity contribution in [1.29, 1.82) is 0 Å². The van der Waals surface area contributed by atoms with Crippen molar-refractivity contribution in [1.82, 2.24) is 10.2 Å². The highest BCUT2D eigenvalue weighted by molar-refractivity contribution is 5.92. The van der Waals surface area contributed by atoms with E-state index in [0.29, 0.717) is 12.2 Å². The van der Waals surface area contributed by atoms with E-state index < -0.39 is 6.36 Å². The number of hydrogen-bond acceptors (Lipinski definition) is 5. The van der Waals surface area contributed by atoms with Gasteiger partial charge in [-0.3, -0.25) is 9.69 Å². The fourth-order valence-corrected chi connectivity index (χ4v) is 2.40. The van der Waals surface area contributed by atoms with Crippen LogP contribution >= 0.6 is 0 Å². The van der Waals surface area contributed by atoms with Gasteiger partial charge in [0.2, 0.25) is 5.91 Å². The molecule has 6 nitrogen and oxygen atoms in total. The Morgan fingerprint density at radius 2 is 1.88 bits per heavy atom. The van der Waals surface area contributed by atoms with Gasteiger partial charge in [0, 0.05) is 18.8 Å². The Morgan fingerprint density at radius 3 is 2.52 bits per heavy atom. The van der Waals surface area contributed by atoms with Gasteiger partial charge in [0.05, 0.1) is 19.8 Å². The number of ether oxygens (including phenoxy) is 2. The third kappa shape index (κ3) is 8.19. The van der Waals surface area contributed by atoms with Crippen molar-refractivity contribution in [3.05, 3.63) is 24.3 Å². The SMILES string of the molecule is O=C(CNCCCN1CCOCC1)Nc1ccc(OC(F)(F)F)cc1. The van der Waals surface area contributed by atoms with Gasteiger partial charge in [0.15, 0.2) is 0 Å². The molecule has 1 amide bonds. The first-order chi connectivity index (χ1) is 11.9. The Balaban J connectivity index is 1.59. The van der Waals surface area contributed by atoms with E-state index >= 15 is 0 Å². The van der Waals surface area contributed by atoms with Gasteiger partial charge in [-0.25, -0.2) is 0 Å². The van der Waals surface area contributed by atoms with Gasteiger partial charge in [-0.05, 0) is 43.8 Å².